The number of rotatable bonds is 15. The number of unbranched alkanes of at least 4 members (excludes halogenated alkanes) is 1. The Kier molecular flexibility index (Phi) is 13.0. The van der Waals surface area contributed by atoms with Crippen molar-refractivity contribution in [3.63, 3.8) is 0 Å². The summed E-state index contributed by atoms with van der Waals surface area (Å²) >= 11 is 0. The minimum absolute atomic E-state index is 0.0919. The summed E-state index contributed by atoms with van der Waals surface area (Å²) in [5, 5.41) is 25.2. The maximum Gasteiger partial charge on any atom is 0.326 e. The largest absolute Gasteiger partial charge is 0.481 e. The summed E-state index contributed by atoms with van der Waals surface area (Å²) in [5.41, 5.74) is 11.1. The molecule has 0 rings (SSSR count). The molecule has 0 aliphatic heterocycles. The van der Waals surface area contributed by atoms with E-state index in [1.165, 1.54) is 6.92 Å². The van der Waals surface area contributed by atoms with Crippen LogP contribution in [0.4, 0.5) is 0 Å². The minimum atomic E-state index is -1.19. The minimum Gasteiger partial charge on any atom is -0.481 e. The van der Waals surface area contributed by atoms with Crippen molar-refractivity contribution >= 4 is 29.7 Å². The molecule has 0 aromatic carbocycles. The summed E-state index contributed by atoms with van der Waals surface area (Å²) in [7, 11) is 0. The van der Waals surface area contributed by atoms with E-state index in [2.05, 4.69) is 16.0 Å². The summed E-state index contributed by atoms with van der Waals surface area (Å²) in [5.74, 6) is -4.66. The van der Waals surface area contributed by atoms with E-state index in [9.17, 15) is 29.1 Å². The molecular formula is C19H35N5O7. The van der Waals surface area contributed by atoms with Crippen molar-refractivity contribution in [1.29, 1.82) is 0 Å². The lowest BCUT2D eigenvalue weighted by atomic mass is 10.0. The van der Waals surface area contributed by atoms with Gasteiger partial charge < -0.3 is 37.6 Å². The number of hydrogen-bond donors (Lipinski definition) is 7. The molecule has 0 aromatic heterocycles. The zero-order valence-electron chi connectivity index (χ0n) is 18.2. The van der Waals surface area contributed by atoms with E-state index in [0.29, 0.717) is 19.4 Å². The van der Waals surface area contributed by atoms with Gasteiger partial charge in [-0.2, -0.15) is 0 Å². The lowest BCUT2D eigenvalue weighted by Gasteiger charge is -2.25. The van der Waals surface area contributed by atoms with Gasteiger partial charge in [0, 0.05) is 6.42 Å². The van der Waals surface area contributed by atoms with Crippen LogP contribution >= 0.6 is 0 Å². The normalized spacial score (nSPS) is 14.8. The van der Waals surface area contributed by atoms with E-state index >= 15 is 0 Å². The molecule has 0 heterocycles. The second-order valence-corrected chi connectivity index (χ2v) is 7.68. The van der Waals surface area contributed by atoms with Crippen LogP contribution in [0.5, 0.6) is 0 Å². The van der Waals surface area contributed by atoms with Gasteiger partial charge >= 0.3 is 11.9 Å². The Morgan fingerprint density at radius 3 is 1.94 bits per heavy atom. The number of carboxylic acid groups (broad SMARTS) is 2. The van der Waals surface area contributed by atoms with Gasteiger partial charge in [0.2, 0.25) is 17.7 Å². The smallest absolute Gasteiger partial charge is 0.326 e. The van der Waals surface area contributed by atoms with Crippen LogP contribution in [0.25, 0.3) is 0 Å². The number of carbonyl (C=O) groups is 5. The van der Waals surface area contributed by atoms with Crippen LogP contribution in [-0.4, -0.2) is 70.6 Å². The monoisotopic (exact) mass is 445 g/mol. The van der Waals surface area contributed by atoms with Gasteiger partial charge in [0.05, 0.1) is 6.04 Å². The highest BCUT2D eigenvalue weighted by Gasteiger charge is 2.29. The Balaban J connectivity index is 5.05. The van der Waals surface area contributed by atoms with Gasteiger partial charge in [-0.05, 0) is 45.1 Å². The average Bonchev–Trinajstić information content (AvgIpc) is 2.68. The van der Waals surface area contributed by atoms with Crippen LogP contribution < -0.4 is 27.4 Å². The third-order valence-electron chi connectivity index (χ3n) is 4.57. The molecular weight excluding hydrogens is 410 g/mol. The average molecular weight is 446 g/mol. The molecule has 0 aromatic rings. The van der Waals surface area contributed by atoms with Crippen LogP contribution in [-0.2, 0) is 24.0 Å². The second-order valence-electron chi connectivity index (χ2n) is 7.68. The molecule has 4 unspecified atom stereocenters. The van der Waals surface area contributed by atoms with E-state index < -0.39 is 53.8 Å². The Bertz CT molecular complexity index is 641. The maximum absolute atomic E-state index is 12.6. The highest BCUT2D eigenvalue weighted by Crippen LogP contribution is 2.06. The van der Waals surface area contributed by atoms with Gasteiger partial charge in [-0.25, -0.2) is 4.79 Å². The Morgan fingerprint density at radius 2 is 1.45 bits per heavy atom. The Hall–Kier alpha value is -2.73. The predicted octanol–water partition coefficient (Wildman–Crippen LogP) is -1.48. The number of amides is 3. The first kappa shape index (κ1) is 28.3. The van der Waals surface area contributed by atoms with Crippen LogP contribution in [0.15, 0.2) is 0 Å². The zero-order chi connectivity index (χ0) is 24.1. The fourth-order valence-corrected chi connectivity index (χ4v) is 2.62. The quantitative estimate of drug-likeness (QED) is 0.146. The zero-order valence-corrected chi connectivity index (χ0v) is 18.2. The number of nitrogens with one attached hydrogen (secondary N) is 3. The lowest BCUT2D eigenvalue weighted by molar-refractivity contribution is -0.143. The van der Waals surface area contributed by atoms with Gasteiger partial charge in [0.25, 0.3) is 0 Å². The molecule has 0 radical (unpaired) electrons. The first-order valence-electron chi connectivity index (χ1n) is 10.2. The summed E-state index contributed by atoms with van der Waals surface area (Å²) in [6.07, 6.45) is 0.981. The maximum atomic E-state index is 12.6. The molecule has 0 bridgehead atoms. The van der Waals surface area contributed by atoms with E-state index in [-0.39, 0.29) is 25.2 Å². The van der Waals surface area contributed by atoms with Gasteiger partial charge in [-0.3, -0.25) is 19.2 Å². The van der Waals surface area contributed by atoms with Crippen molar-refractivity contribution in [2.24, 2.45) is 17.4 Å². The highest BCUT2D eigenvalue weighted by molar-refractivity contribution is 5.94. The number of aliphatic carboxylic acids is 2. The molecule has 4 atom stereocenters. The SMILES string of the molecule is CC(NC(=O)C(N)CCC(=O)O)C(=O)NC(CCCCN)C(=O)NC(C(=O)O)C(C)C. The lowest BCUT2D eigenvalue weighted by Crippen LogP contribution is -2.57. The Morgan fingerprint density at radius 1 is 0.839 bits per heavy atom. The van der Waals surface area contributed by atoms with Crippen molar-refractivity contribution in [3.8, 4) is 0 Å². The van der Waals surface area contributed by atoms with Crippen molar-refractivity contribution in [2.45, 2.75) is 77.0 Å². The number of nitrogens with two attached hydrogens (primary N) is 2. The number of hydrogen-bond acceptors (Lipinski definition) is 7. The van der Waals surface area contributed by atoms with Crippen LogP contribution in [0.1, 0.15) is 52.9 Å². The molecule has 12 heteroatoms. The fraction of sp³-hybridized carbons (Fsp3) is 0.737. The molecule has 0 saturated carbocycles. The second kappa shape index (κ2) is 14.3. The molecule has 0 fully saturated rings. The molecule has 12 nitrogen and oxygen atoms in total. The highest BCUT2D eigenvalue weighted by atomic mass is 16.4. The number of carbonyl (C=O) groups excluding carboxylic acids is 3. The molecule has 0 saturated heterocycles. The van der Waals surface area contributed by atoms with Gasteiger partial charge in [0.15, 0.2) is 0 Å². The van der Waals surface area contributed by atoms with Crippen LogP contribution in [0.2, 0.25) is 0 Å². The van der Waals surface area contributed by atoms with Gasteiger partial charge in [-0.1, -0.05) is 13.8 Å². The van der Waals surface area contributed by atoms with Crippen LogP contribution in [0, 0.1) is 5.92 Å². The summed E-state index contributed by atoms with van der Waals surface area (Å²) < 4.78 is 0. The molecule has 0 aliphatic carbocycles. The predicted molar refractivity (Wildman–Crippen MR) is 112 cm³/mol. The standard InChI is InChI=1S/C19H35N5O7/c1-10(2)15(19(30)31)24-18(29)13(6-4-5-9-20)23-16(27)11(3)22-17(28)12(21)7-8-14(25)26/h10-13,15H,4-9,20-21H2,1-3H3,(H,22,28)(H,23,27)(H,24,29)(H,25,26)(H,30,31). The molecule has 9 N–H and O–H groups in total. The fourth-order valence-electron chi connectivity index (χ4n) is 2.62. The summed E-state index contributed by atoms with van der Waals surface area (Å²) in [4.78, 5) is 59.1. The molecule has 0 aliphatic rings. The summed E-state index contributed by atoms with van der Waals surface area (Å²) in [6.45, 7) is 5.07. The van der Waals surface area contributed by atoms with Crippen LogP contribution in [0.3, 0.4) is 0 Å². The van der Waals surface area contributed by atoms with Gasteiger partial charge in [-0.15, -0.1) is 0 Å². The first-order valence-corrected chi connectivity index (χ1v) is 10.2. The van der Waals surface area contributed by atoms with E-state index in [1.807, 2.05) is 0 Å². The van der Waals surface area contributed by atoms with Crippen molar-refractivity contribution < 1.29 is 34.2 Å². The molecule has 3 amide bonds. The van der Waals surface area contributed by atoms with E-state index in [1.54, 1.807) is 13.8 Å². The third-order valence-corrected chi connectivity index (χ3v) is 4.57. The molecule has 178 valence electrons. The van der Waals surface area contributed by atoms with E-state index in [0.717, 1.165) is 0 Å². The van der Waals surface area contributed by atoms with Crippen molar-refractivity contribution in [1.82, 2.24) is 16.0 Å². The first-order chi connectivity index (χ1) is 14.4. The van der Waals surface area contributed by atoms with Gasteiger partial charge in [0.1, 0.15) is 18.1 Å². The molecule has 31 heavy (non-hydrogen) atoms. The third kappa shape index (κ3) is 11.3. The van der Waals surface area contributed by atoms with E-state index in [4.69, 9.17) is 16.6 Å². The summed E-state index contributed by atoms with van der Waals surface area (Å²) in [6, 6.07) is -4.28. The Labute approximate surface area is 181 Å². The van der Waals surface area contributed by atoms with Crippen molar-refractivity contribution in [2.75, 3.05) is 6.54 Å². The number of carboxylic acids is 2. The molecule has 0 spiro atoms. The van der Waals surface area contributed by atoms with Crippen molar-refractivity contribution in [3.05, 3.63) is 0 Å². The topological polar surface area (TPSA) is 214 Å².